The Morgan fingerprint density at radius 2 is 1.86 bits per heavy atom. The SMILES string of the molecule is [CH2-]C.[CH2-]N1C[C@H]2CCCN(C)[C@H]2C1.[W+2]. The molecule has 2 atom stereocenters. The fourth-order valence-electron chi connectivity index (χ4n) is 2.49. The fourth-order valence-corrected chi connectivity index (χ4v) is 2.49. The molecule has 0 aromatic carbocycles. The molecule has 0 aromatic heterocycles. The molecule has 0 aromatic rings. The molecule has 2 rings (SSSR count). The van der Waals surface area contributed by atoms with E-state index in [1.54, 1.807) is 6.92 Å². The van der Waals surface area contributed by atoms with E-state index in [2.05, 4.69) is 30.8 Å². The third kappa shape index (κ3) is 3.32. The molecule has 82 valence electrons. The van der Waals surface area contributed by atoms with Gasteiger partial charge in [0.1, 0.15) is 0 Å². The van der Waals surface area contributed by atoms with E-state index in [0.29, 0.717) is 0 Å². The first-order chi connectivity index (χ1) is 6.27. The van der Waals surface area contributed by atoms with Gasteiger partial charge in [0.2, 0.25) is 0 Å². The van der Waals surface area contributed by atoms with Crippen molar-refractivity contribution in [2.24, 2.45) is 5.92 Å². The van der Waals surface area contributed by atoms with Crippen molar-refractivity contribution in [3.63, 3.8) is 0 Å². The summed E-state index contributed by atoms with van der Waals surface area (Å²) in [7, 11) is 6.25. The molecule has 2 heterocycles. The molecule has 0 spiro atoms. The second kappa shape index (κ2) is 6.98. The molecule has 2 fully saturated rings. The van der Waals surface area contributed by atoms with Gasteiger partial charge in [-0.3, -0.25) is 7.05 Å². The van der Waals surface area contributed by atoms with Crippen molar-refractivity contribution in [1.29, 1.82) is 0 Å². The predicted molar refractivity (Wildman–Crippen MR) is 57.1 cm³/mol. The van der Waals surface area contributed by atoms with Crippen molar-refractivity contribution in [1.82, 2.24) is 9.80 Å². The van der Waals surface area contributed by atoms with Gasteiger partial charge in [0.15, 0.2) is 0 Å². The average molecular weight is 366 g/mol. The third-order valence-electron chi connectivity index (χ3n) is 3.13. The Morgan fingerprint density at radius 3 is 2.43 bits per heavy atom. The van der Waals surface area contributed by atoms with Crippen molar-refractivity contribution < 1.29 is 21.1 Å². The van der Waals surface area contributed by atoms with Gasteiger partial charge in [0.05, 0.1) is 0 Å². The second-order valence-corrected chi connectivity index (χ2v) is 3.99. The Kier molecular flexibility index (Phi) is 7.28. The summed E-state index contributed by atoms with van der Waals surface area (Å²) in [6, 6.07) is 0.807. The van der Waals surface area contributed by atoms with Crippen LogP contribution in [0.4, 0.5) is 0 Å². The van der Waals surface area contributed by atoms with E-state index in [1.807, 2.05) is 0 Å². The van der Waals surface area contributed by atoms with Crippen LogP contribution in [0.25, 0.3) is 0 Å². The summed E-state index contributed by atoms with van der Waals surface area (Å²) < 4.78 is 0. The van der Waals surface area contributed by atoms with Crippen LogP contribution in [-0.4, -0.2) is 42.5 Å². The predicted octanol–water partition coefficient (Wildman–Crippen LogP) is 1.64. The summed E-state index contributed by atoms with van der Waals surface area (Å²) in [5, 5.41) is 0. The van der Waals surface area contributed by atoms with Gasteiger partial charge in [-0.15, -0.1) is 0 Å². The minimum Gasteiger partial charge on any atom is -0.458 e. The molecule has 2 saturated heterocycles. The van der Waals surface area contributed by atoms with E-state index in [4.69, 9.17) is 0 Å². The molecule has 0 radical (unpaired) electrons. The van der Waals surface area contributed by atoms with Crippen LogP contribution in [0.2, 0.25) is 0 Å². The van der Waals surface area contributed by atoms with Crippen molar-refractivity contribution >= 4 is 0 Å². The second-order valence-electron chi connectivity index (χ2n) is 3.99. The maximum Gasteiger partial charge on any atom is 2.00 e. The van der Waals surface area contributed by atoms with E-state index in [-0.39, 0.29) is 21.1 Å². The van der Waals surface area contributed by atoms with Crippen molar-refractivity contribution in [3.05, 3.63) is 14.0 Å². The molecular weight excluding hydrogens is 344 g/mol. The Labute approximate surface area is 103 Å². The first-order valence-corrected chi connectivity index (χ1v) is 5.24. The number of hydrogen-bond donors (Lipinski definition) is 0. The summed E-state index contributed by atoms with van der Waals surface area (Å²) in [6.45, 7) is 8.69. The molecule has 2 aliphatic heterocycles. The van der Waals surface area contributed by atoms with Gasteiger partial charge in [0, 0.05) is 6.04 Å². The van der Waals surface area contributed by atoms with Gasteiger partial charge in [0.25, 0.3) is 0 Å². The average Bonchev–Trinajstić information content (AvgIpc) is 2.51. The van der Waals surface area contributed by atoms with Gasteiger partial charge in [-0.05, 0) is 45.4 Å². The van der Waals surface area contributed by atoms with Gasteiger partial charge in [-0.25, -0.2) is 0 Å². The van der Waals surface area contributed by atoms with Crippen LogP contribution in [-0.2, 0) is 21.1 Å². The fraction of sp³-hybridized carbons (Fsp3) is 0.818. The monoisotopic (exact) mass is 366 g/mol. The molecule has 0 amide bonds. The van der Waals surface area contributed by atoms with Gasteiger partial charge < -0.3 is 16.7 Å². The molecular formula is C11H22N2W. The van der Waals surface area contributed by atoms with Crippen LogP contribution in [0.5, 0.6) is 0 Å². The first kappa shape index (κ1) is 14.6. The number of rotatable bonds is 0. The molecule has 14 heavy (non-hydrogen) atoms. The van der Waals surface area contributed by atoms with E-state index < -0.39 is 0 Å². The molecule has 2 aliphatic rings. The van der Waals surface area contributed by atoms with Crippen LogP contribution < -0.4 is 0 Å². The standard InChI is InChI=1S/C9H17N2.C2H5.W/c1-10-6-8-4-3-5-11(2)9(8)7-10;1-2;/h8-9H,1,3-7H2,2H3;1H2,2H3;/q2*-1;+2/t8-,9+;;/m1../s1. The number of nitrogens with zero attached hydrogens (tertiary/aromatic N) is 2. The van der Waals surface area contributed by atoms with E-state index in [1.165, 1.54) is 32.5 Å². The van der Waals surface area contributed by atoms with Gasteiger partial charge in [-0.1, -0.05) is 0 Å². The molecule has 2 nitrogen and oxygen atoms in total. The zero-order chi connectivity index (χ0) is 9.84. The summed E-state index contributed by atoms with van der Waals surface area (Å²) in [6.07, 6.45) is 2.80. The molecule has 0 aliphatic carbocycles. The van der Waals surface area contributed by atoms with Crippen LogP contribution in [0.15, 0.2) is 0 Å². The summed E-state index contributed by atoms with van der Waals surface area (Å²) in [5.74, 6) is 0.909. The maximum atomic E-state index is 4.00. The van der Waals surface area contributed by atoms with Gasteiger partial charge >= 0.3 is 21.1 Å². The number of piperidine rings is 1. The molecule has 0 unspecified atom stereocenters. The third-order valence-corrected chi connectivity index (χ3v) is 3.13. The molecule has 0 bridgehead atoms. The van der Waals surface area contributed by atoms with Crippen molar-refractivity contribution in [2.45, 2.75) is 25.8 Å². The largest absolute Gasteiger partial charge is 2.00 e. The van der Waals surface area contributed by atoms with Crippen LogP contribution in [0.1, 0.15) is 19.8 Å². The Balaban J connectivity index is 0.000000531. The van der Waals surface area contributed by atoms with Crippen LogP contribution in [0.3, 0.4) is 0 Å². The van der Waals surface area contributed by atoms with E-state index >= 15 is 0 Å². The van der Waals surface area contributed by atoms with Gasteiger partial charge in [-0.2, -0.15) is 6.92 Å². The quantitative estimate of drug-likeness (QED) is 0.602. The Morgan fingerprint density at radius 1 is 1.21 bits per heavy atom. The number of hydrogen-bond acceptors (Lipinski definition) is 2. The first-order valence-electron chi connectivity index (χ1n) is 5.24. The van der Waals surface area contributed by atoms with Crippen LogP contribution in [0, 0.1) is 19.9 Å². The van der Waals surface area contributed by atoms with Crippen molar-refractivity contribution in [3.8, 4) is 0 Å². The maximum absolute atomic E-state index is 4.00. The topological polar surface area (TPSA) is 6.48 Å². The Bertz CT molecular complexity index is 152. The summed E-state index contributed by atoms with van der Waals surface area (Å²) in [5.41, 5.74) is 0. The summed E-state index contributed by atoms with van der Waals surface area (Å²) in [4.78, 5) is 4.72. The van der Waals surface area contributed by atoms with Crippen LogP contribution >= 0.6 is 0 Å². The molecule has 3 heteroatoms. The normalized spacial score (nSPS) is 32.6. The number of likely N-dealkylation sites (N-methyl/N-ethyl adjacent to an activating group) is 1. The van der Waals surface area contributed by atoms with E-state index in [0.717, 1.165) is 12.0 Å². The van der Waals surface area contributed by atoms with Crippen molar-refractivity contribution in [2.75, 3.05) is 26.7 Å². The minimum atomic E-state index is 0. The zero-order valence-electron chi connectivity index (χ0n) is 9.41. The minimum absolute atomic E-state index is 0. The molecule has 0 N–H and O–H groups in total. The summed E-state index contributed by atoms with van der Waals surface area (Å²) >= 11 is 0. The molecule has 0 saturated carbocycles. The number of fused-ring (bicyclic) bond motifs is 1. The van der Waals surface area contributed by atoms with E-state index in [9.17, 15) is 0 Å². The number of likely N-dealkylation sites (tertiary alicyclic amines) is 2. The smallest absolute Gasteiger partial charge is 0.458 e. The Hall–Kier alpha value is 0.608. The zero-order valence-corrected chi connectivity index (χ0v) is 12.3.